The van der Waals surface area contributed by atoms with Crippen molar-refractivity contribution in [2.45, 2.75) is 6.54 Å². The summed E-state index contributed by atoms with van der Waals surface area (Å²) in [6, 6.07) is 13.1. The smallest absolute Gasteiger partial charge is 0.276 e. The number of hydrogen-bond donors (Lipinski definition) is 1. The van der Waals surface area contributed by atoms with Gasteiger partial charge in [0.25, 0.3) is 11.5 Å². The van der Waals surface area contributed by atoms with Crippen molar-refractivity contribution in [1.29, 1.82) is 0 Å². The predicted molar refractivity (Wildman–Crippen MR) is 100.0 cm³/mol. The first-order valence-corrected chi connectivity index (χ1v) is 8.31. The number of hydrogen-bond acceptors (Lipinski definition) is 4. The zero-order chi connectivity index (χ0) is 19.4. The van der Waals surface area contributed by atoms with Crippen LogP contribution in [0.4, 0.5) is 10.1 Å². The van der Waals surface area contributed by atoms with E-state index in [2.05, 4.69) is 10.4 Å². The normalized spacial score (nSPS) is 10.5. The maximum Gasteiger partial charge on any atom is 0.276 e. The van der Waals surface area contributed by atoms with E-state index in [0.29, 0.717) is 22.0 Å². The minimum atomic E-state index is -0.525. The van der Waals surface area contributed by atoms with E-state index < -0.39 is 5.91 Å². The Morgan fingerprint density at radius 1 is 1.19 bits per heavy atom. The van der Waals surface area contributed by atoms with Gasteiger partial charge in [0.2, 0.25) is 0 Å². The molecule has 3 aromatic rings. The minimum Gasteiger partial charge on any atom is -0.495 e. The number of amides is 1. The number of benzene rings is 2. The highest BCUT2D eigenvalue weighted by atomic mass is 35.5. The fourth-order valence-electron chi connectivity index (χ4n) is 2.41. The molecule has 1 N–H and O–H groups in total. The summed E-state index contributed by atoms with van der Waals surface area (Å²) in [6.07, 6.45) is 0. The molecule has 27 heavy (non-hydrogen) atoms. The molecule has 138 valence electrons. The highest BCUT2D eigenvalue weighted by molar-refractivity contribution is 6.31. The highest BCUT2D eigenvalue weighted by Gasteiger charge is 2.13. The van der Waals surface area contributed by atoms with E-state index in [0.717, 1.165) is 4.68 Å². The molecule has 0 aliphatic carbocycles. The van der Waals surface area contributed by atoms with Gasteiger partial charge < -0.3 is 10.1 Å². The molecule has 0 radical (unpaired) electrons. The molecule has 1 aromatic heterocycles. The molecule has 0 spiro atoms. The molecular weight excluding hydrogens is 373 g/mol. The quantitative estimate of drug-likeness (QED) is 0.728. The van der Waals surface area contributed by atoms with Crippen LogP contribution in [0.3, 0.4) is 0 Å². The van der Waals surface area contributed by atoms with Gasteiger partial charge in [-0.1, -0.05) is 23.7 Å². The van der Waals surface area contributed by atoms with Crippen molar-refractivity contribution >= 4 is 23.2 Å². The molecule has 0 aliphatic heterocycles. The maximum absolute atomic E-state index is 13.0. The van der Waals surface area contributed by atoms with Crippen molar-refractivity contribution < 1.29 is 13.9 Å². The Hall–Kier alpha value is -3.19. The number of rotatable bonds is 5. The van der Waals surface area contributed by atoms with Crippen molar-refractivity contribution in [2.75, 3.05) is 12.4 Å². The van der Waals surface area contributed by atoms with E-state index in [4.69, 9.17) is 16.3 Å². The molecule has 1 heterocycles. The molecule has 1 amide bonds. The van der Waals surface area contributed by atoms with Gasteiger partial charge in [-0.25, -0.2) is 9.07 Å². The first-order chi connectivity index (χ1) is 13.0. The van der Waals surface area contributed by atoms with E-state index in [1.54, 1.807) is 30.3 Å². The SMILES string of the molecule is COc1ccc(Cl)cc1NC(=O)c1ccc(=O)n(Cc2ccc(F)cc2)n1. The van der Waals surface area contributed by atoms with Crippen LogP contribution in [-0.2, 0) is 6.54 Å². The van der Waals surface area contributed by atoms with E-state index in [9.17, 15) is 14.0 Å². The molecule has 0 unspecified atom stereocenters. The Labute approximate surface area is 159 Å². The van der Waals surface area contributed by atoms with Crippen LogP contribution in [-0.4, -0.2) is 22.8 Å². The van der Waals surface area contributed by atoms with Crippen molar-refractivity contribution in [2.24, 2.45) is 0 Å². The lowest BCUT2D eigenvalue weighted by Crippen LogP contribution is -2.26. The first-order valence-electron chi connectivity index (χ1n) is 7.94. The maximum atomic E-state index is 13.0. The van der Waals surface area contributed by atoms with Gasteiger partial charge in [0.15, 0.2) is 0 Å². The third-order valence-corrected chi connectivity index (χ3v) is 3.99. The molecule has 0 fully saturated rings. The van der Waals surface area contributed by atoms with Gasteiger partial charge in [0.05, 0.1) is 19.3 Å². The van der Waals surface area contributed by atoms with Crippen LogP contribution in [0.5, 0.6) is 5.75 Å². The van der Waals surface area contributed by atoms with Crippen LogP contribution < -0.4 is 15.6 Å². The van der Waals surface area contributed by atoms with E-state index in [1.807, 2.05) is 0 Å². The summed E-state index contributed by atoms with van der Waals surface area (Å²) in [5.74, 6) is -0.460. The standard InChI is InChI=1S/C19H15ClFN3O3/c1-27-17-8-4-13(20)10-16(17)22-19(26)15-7-9-18(25)24(23-15)11-12-2-5-14(21)6-3-12/h2-10H,11H2,1H3,(H,22,26). The summed E-state index contributed by atoms with van der Waals surface area (Å²) in [6.45, 7) is 0.112. The minimum absolute atomic E-state index is 0.0405. The van der Waals surface area contributed by atoms with Crippen molar-refractivity contribution in [3.8, 4) is 5.75 Å². The molecule has 0 saturated carbocycles. The topological polar surface area (TPSA) is 73.2 Å². The van der Waals surface area contributed by atoms with Crippen molar-refractivity contribution in [1.82, 2.24) is 9.78 Å². The van der Waals surface area contributed by atoms with Crippen molar-refractivity contribution in [3.05, 3.63) is 87.0 Å². The van der Waals surface area contributed by atoms with Crippen molar-refractivity contribution in [3.63, 3.8) is 0 Å². The fourth-order valence-corrected chi connectivity index (χ4v) is 2.58. The summed E-state index contributed by atoms with van der Waals surface area (Å²) >= 11 is 5.96. The summed E-state index contributed by atoms with van der Waals surface area (Å²) in [7, 11) is 1.47. The van der Waals surface area contributed by atoms with Gasteiger partial charge in [0.1, 0.15) is 17.3 Å². The number of methoxy groups -OCH3 is 1. The third kappa shape index (κ3) is 4.51. The third-order valence-electron chi connectivity index (χ3n) is 3.75. The summed E-state index contributed by atoms with van der Waals surface area (Å²) in [4.78, 5) is 24.5. The number of halogens is 2. The fraction of sp³-hybridized carbons (Fsp3) is 0.105. The van der Waals surface area contributed by atoms with Gasteiger partial charge in [-0.2, -0.15) is 5.10 Å². The van der Waals surface area contributed by atoms with Gasteiger partial charge in [-0.3, -0.25) is 9.59 Å². The predicted octanol–water partition coefficient (Wildman–Crippen LogP) is 3.35. The second-order valence-electron chi connectivity index (χ2n) is 5.64. The molecule has 8 heteroatoms. The molecule has 6 nitrogen and oxygen atoms in total. The molecule has 2 aromatic carbocycles. The molecule has 0 saturated heterocycles. The van der Waals surface area contributed by atoms with E-state index >= 15 is 0 Å². The summed E-state index contributed by atoms with van der Waals surface area (Å²) in [5.41, 5.74) is 0.725. The zero-order valence-electron chi connectivity index (χ0n) is 14.3. The number of carbonyl (C=O) groups excluding carboxylic acids is 1. The second kappa shape index (κ2) is 8.01. The lowest BCUT2D eigenvalue weighted by molar-refractivity contribution is 0.101. The number of nitrogens with one attached hydrogen (secondary N) is 1. The lowest BCUT2D eigenvalue weighted by Gasteiger charge is -2.11. The second-order valence-corrected chi connectivity index (χ2v) is 6.08. The number of anilines is 1. The van der Waals surface area contributed by atoms with Gasteiger partial charge in [-0.15, -0.1) is 0 Å². The van der Waals surface area contributed by atoms with Gasteiger partial charge in [0, 0.05) is 11.1 Å². The molecular formula is C19H15ClFN3O3. The Bertz CT molecular complexity index is 1040. The van der Waals surface area contributed by atoms with Gasteiger partial charge >= 0.3 is 0 Å². The summed E-state index contributed by atoms with van der Waals surface area (Å²) < 4.78 is 19.3. The number of ether oxygens (including phenoxy) is 1. The number of carbonyl (C=O) groups is 1. The molecule has 3 rings (SSSR count). The lowest BCUT2D eigenvalue weighted by atomic mass is 10.2. The number of nitrogens with zero attached hydrogens (tertiary/aromatic N) is 2. The van der Waals surface area contributed by atoms with Crippen LogP contribution >= 0.6 is 11.6 Å². The molecule has 0 bridgehead atoms. The molecule has 0 aliphatic rings. The van der Waals surface area contributed by atoms with Gasteiger partial charge in [-0.05, 0) is 42.0 Å². The zero-order valence-corrected chi connectivity index (χ0v) is 15.0. The number of aromatic nitrogens is 2. The largest absolute Gasteiger partial charge is 0.495 e. The van der Waals surface area contributed by atoms with Crippen LogP contribution in [0.2, 0.25) is 5.02 Å². The monoisotopic (exact) mass is 387 g/mol. The average Bonchev–Trinajstić information content (AvgIpc) is 2.65. The van der Waals surface area contributed by atoms with E-state index in [1.165, 1.54) is 31.4 Å². The van der Waals surface area contributed by atoms with Crippen LogP contribution in [0.1, 0.15) is 16.1 Å². The van der Waals surface area contributed by atoms with Crippen LogP contribution in [0, 0.1) is 5.82 Å². The molecule has 0 atom stereocenters. The average molecular weight is 388 g/mol. The van der Waals surface area contributed by atoms with Crippen LogP contribution in [0.25, 0.3) is 0 Å². The van der Waals surface area contributed by atoms with E-state index in [-0.39, 0.29) is 23.6 Å². The Balaban J connectivity index is 1.85. The van der Waals surface area contributed by atoms with Crippen LogP contribution in [0.15, 0.2) is 59.4 Å². The summed E-state index contributed by atoms with van der Waals surface area (Å²) in [5, 5.41) is 7.18. The Morgan fingerprint density at radius 3 is 2.63 bits per heavy atom. The Kier molecular flexibility index (Phi) is 5.52. The highest BCUT2D eigenvalue weighted by Crippen LogP contribution is 2.27. The first kappa shape index (κ1) is 18.6. The Morgan fingerprint density at radius 2 is 1.93 bits per heavy atom.